The Morgan fingerprint density at radius 3 is 2.68 bits per heavy atom. The minimum absolute atomic E-state index is 0.404. The van der Waals surface area contributed by atoms with Gasteiger partial charge in [0, 0.05) is 4.91 Å². The monoisotopic (exact) mass is 281 g/mol. The van der Waals surface area contributed by atoms with Gasteiger partial charge in [-0.25, -0.2) is 4.79 Å². The summed E-state index contributed by atoms with van der Waals surface area (Å²) in [6.07, 6.45) is 9.57. The summed E-state index contributed by atoms with van der Waals surface area (Å²) in [5.74, 6) is 0.999. The lowest BCUT2D eigenvalue weighted by atomic mass is 10.0. The number of alkyl carbamates (subject to hydrolysis) is 1. The first-order valence-electron chi connectivity index (χ1n) is 6.47. The van der Waals surface area contributed by atoms with E-state index in [1.165, 1.54) is 0 Å². The van der Waals surface area contributed by atoms with Gasteiger partial charge in [-0.15, -0.1) is 11.8 Å². The highest BCUT2D eigenvalue weighted by Crippen LogP contribution is 2.24. The highest BCUT2D eigenvalue weighted by atomic mass is 32.2. The second-order valence-electron chi connectivity index (χ2n) is 5.61. The molecule has 19 heavy (non-hydrogen) atoms. The van der Waals surface area contributed by atoms with Gasteiger partial charge in [0.05, 0.1) is 5.54 Å². The number of nitrogens with one attached hydrogen (secondary N) is 1. The molecule has 0 radical (unpaired) electrons. The highest BCUT2D eigenvalue weighted by Gasteiger charge is 2.25. The minimum atomic E-state index is -0.524. The van der Waals surface area contributed by atoms with Crippen molar-refractivity contribution < 1.29 is 9.53 Å². The third-order valence-electron chi connectivity index (χ3n) is 2.34. The first-order chi connectivity index (χ1) is 8.74. The summed E-state index contributed by atoms with van der Waals surface area (Å²) in [5.41, 5.74) is -1.01. The number of amides is 1. The molecule has 0 aliphatic heterocycles. The van der Waals surface area contributed by atoms with Crippen molar-refractivity contribution in [2.75, 3.05) is 5.75 Å². The fourth-order valence-corrected chi connectivity index (χ4v) is 2.49. The first kappa shape index (κ1) is 15.9. The Morgan fingerprint density at radius 2 is 2.11 bits per heavy atom. The molecular formula is C15H23NO2S. The molecule has 0 aromatic heterocycles. The number of thioether (sulfide) groups is 1. The van der Waals surface area contributed by atoms with Gasteiger partial charge in [-0.3, -0.25) is 0 Å². The van der Waals surface area contributed by atoms with E-state index in [4.69, 9.17) is 4.74 Å². The van der Waals surface area contributed by atoms with Gasteiger partial charge in [0.15, 0.2) is 0 Å². The molecule has 0 bridgehead atoms. The van der Waals surface area contributed by atoms with E-state index in [2.05, 4.69) is 12.2 Å². The quantitative estimate of drug-likeness (QED) is 0.848. The maximum absolute atomic E-state index is 11.9. The second kappa shape index (κ2) is 6.33. The second-order valence-corrected chi connectivity index (χ2v) is 6.94. The van der Waals surface area contributed by atoms with E-state index in [0.29, 0.717) is 0 Å². The Balaban J connectivity index is 2.79. The predicted octanol–water partition coefficient (Wildman–Crippen LogP) is 4.03. The van der Waals surface area contributed by atoms with Crippen LogP contribution in [0, 0.1) is 0 Å². The van der Waals surface area contributed by atoms with Crippen LogP contribution < -0.4 is 5.32 Å². The largest absolute Gasteiger partial charge is 0.444 e. The highest BCUT2D eigenvalue weighted by molar-refractivity contribution is 8.03. The summed E-state index contributed by atoms with van der Waals surface area (Å²) in [4.78, 5) is 13.0. The molecule has 1 N–H and O–H groups in total. The zero-order valence-corrected chi connectivity index (χ0v) is 13.1. The normalized spacial score (nSPS) is 22.7. The van der Waals surface area contributed by atoms with Crippen molar-refractivity contribution in [2.45, 2.75) is 45.8 Å². The average molecular weight is 281 g/mol. The van der Waals surface area contributed by atoms with Crippen LogP contribution in [0.5, 0.6) is 0 Å². The van der Waals surface area contributed by atoms with Crippen molar-refractivity contribution in [3.8, 4) is 0 Å². The van der Waals surface area contributed by atoms with Crippen LogP contribution in [0.4, 0.5) is 4.79 Å². The minimum Gasteiger partial charge on any atom is -0.444 e. The van der Waals surface area contributed by atoms with Crippen LogP contribution in [-0.4, -0.2) is 23.0 Å². The molecule has 106 valence electrons. The van der Waals surface area contributed by atoms with E-state index in [-0.39, 0.29) is 0 Å². The van der Waals surface area contributed by atoms with Gasteiger partial charge < -0.3 is 10.1 Å². The third kappa shape index (κ3) is 6.01. The van der Waals surface area contributed by atoms with E-state index in [1.54, 1.807) is 11.8 Å². The molecule has 4 heteroatoms. The van der Waals surface area contributed by atoms with Crippen LogP contribution in [0.1, 0.15) is 34.6 Å². The van der Waals surface area contributed by atoms with E-state index in [0.717, 1.165) is 10.7 Å². The fraction of sp³-hybridized carbons (Fsp3) is 0.533. The third-order valence-corrected chi connectivity index (χ3v) is 3.21. The van der Waals surface area contributed by atoms with E-state index < -0.39 is 17.2 Å². The van der Waals surface area contributed by atoms with Gasteiger partial charge in [0.2, 0.25) is 0 Å². The standard InChI is InChI=1S/C15H23NO2S/c1-6-19-12-9-7-8-10-15(5,11-12)16-13(17)18-14(2,3)4/h7-11H,6H2,1-5H3,(H,16,17). The Labute approximate surface area is 120 Å². The van der Waals surface area contributed by atoms with Crippen LogP contribution in [-0.2, 0) is 4.74 Å². The van der Waals surface area contributed by atoms with Crippen LogP contribution in [0.3, 0.4) is 0 Å². The molecule has 1 aliphatic rings. The van der Waals surface area contributed by atoms with E-state index in [1.807, 2.05) is 58.1 Å². The average Bonchev–Trinajstić information content (AvgIpc) is 2.37. The summed E-state index contributed by atoms with van der Waals surface area (Å²) >= 11 is 1.75. The van der Waals surface area contributed by atoms with Crippen molar-refractivity contribution in [3.63, 3.8) is 0 Å². The Bertz CT molecular complexity index is 418. The number of hydrogen-bond acceptors (Lipinski definition) is 3. The van der Waals surface area contributed by atoms with Crippen LogP contribution in [0.2, 0.25) is 0 Å². The molecule has 3 nitrogen and oxygen atoms in total. The summed E-state index contributed by atoms with van der Waals surface area (Å²) < 4.78 is 5.30. The van der Waals surface area contributed by atoms with E-state index >= 15 is 0 Å². The van der Waals surface area contributed by atoms with Gasteiger partial charge in [-0.2, -0.15) is 0 Å². The number of ether oxygens (including phenoxy) is 1. The Hall–Kier alpha value is -1.16. The number of rotatable bonds is 3. The molecule has 0 aromatic carbocycles. The molecule has 1 rings (SSSR count). The molecule has 0 aromatic rings. The zero-order chi connectivity index (χ0) is 14.5. The maximum Gasteiger partial charge on any atom is 0.408 e. The van der Waals surface area contributed by atoms with Crippen molar-refractivity contribution in [1.29, 1.82) is 0 Å². The molecule has 0 fully saturated rings. The molecule has 1 aliphatic carbocycles. The Morgan fingerprint density at radius 1 is 1.42 bits per heavy atom. The number of carbonyl (C=O) groups excluding carboxylic acids is 1. The molecule has 0 saturated carbocycles. The molecule has 0 saturated heterocycles. The summed E-state index contributed by atoms with van der Waals surface area (Å²) in [6.45, 7) is 9.63. The van der Waals surface area contributed by atoms with E-state index in [9.17, 15) is 4.79 Å². The lowest BCUT2D eigenvalue weighted by molar-refractivity contribution is 0.0499. The summed E-state index contributed by atoms with van der Waals surface area (Å²) in [6, 6.07) is 0. The number of allylic oxidation sites excluding steroid dienone is 3. The molecule has 1 atom stereocenters. The van der Waals surface area contributed by atoms with Crippen molar-refractivity contribution in [2.24, 2.45) is 0 Å². The molecular weight excluding hydrogens is 258 g/mol. The lowest BCUT2D eigenvalue weighted by Gasteiger charge is -2.27. The first-order valence-corrected chi connectivity index (χ1v) is 7.45. The van der Waals surface area contributed by atoms with Gasteiger partial charge in [0.1, 0.15) is 5.60 Å². The van der Waals surface area contributed by atoms with Crippen LogP contribution in [0.15, 0.2) is 35.3 Å². The van der Waals surface area contributed by atoms with Crippen LogP contribution >= 0.6 is 11.8 Å². The molecule has 1 amide bonds. The predicted molar refractivity (Wildman–Crippen MR) is 82.3 cm³/mol. The molecule has 0 spiro atoms. The zero-order valence-electron chi connectivity index (χ0n) is 12.3. The van der Waals surface area contributed by atoms with Crippen molar-refractivity contribution >= 4 is 17.9 Å². The van der Waals surface area contributed by atoms with Crippen LogP contribution in [0.25, 0.3) is 0 Å². The number of hydrogen-bond donors (Lipinski definition) is 1. The lowest BCUT2D eigenvalue weighted by Crippen LogP contribution is -2.45. The summed E-state index contributed by atoms with van der Waals surface area (Å²) in [7, 11) is 0. The topological polar surface area (TPSA) is 38.3 Å². The summed E-state index contributed by atoms with van der Waals surface area (Å²) in [5, 5.41) is 2.90. The van der Waals surface area contributed by atoms with Gasteiger partial charge in [-0.1, -0.05) is 25.2 Å². The molecule has 1 unspecified atom stereocenters. The van der Waals surface area contributed by atoms with Gasteiger partial charge in [0.25, 0.3) is 0 Å². The Kier molecular flexibility index (Phi) is 5.29. The van der Waals surface area contributed by atoms with Crippen molar-refractivity contribution in [3.05, 3.63) is 35.3 Å². The van der Waals surface area contributed by atoms with Gasteiger partial charge >= 0.3 is 6.09 Å². The van der Waals surface area contributed by atoms with Crippen molar-refractivity contribution in [1.82, 2.24) is 5.32 Å². The number of carbonyl (C=O) groups is 1. The maximum atomic E-state index is 11.9. The SMILES string of the molecule is CCSC1=CC(C)(NC(=O)OC(C)(C)C)C=CC=C1. The fourth-order valence-electron chi connectivity index (χ4n) is 1.66. The molecule has 0 heterocycles. The smallest absolute Gasteiger partial charge is 0.408 e. The van der Waals surface area contributed by atoms with Gasteiger partial charge in [-0.05, 0) is 45.6 Å².